The van der Waals surface area contributed by atoms with Gasteiger partial charge in [0.25, 0.3) is 11.8 Å². The topological polar surface area (TPSA) is 121 Å². The summed E-state index contributed by atoms with van der Waals surface area (Å²) in [5.41, 5.74) is 7.28. The number of unbranched alkanes of at least 4 members (excludes halogenated alkanes) is 20. The molecule has 1 aromatic carbocycles. The molecule has 1 aromatic rings. The first kappa shape index (κ1) is 46.1. The Morgan fingerprint density at radius 1 is 0.528 bits per heavy atom. The summed E-state index contributed by atoms with van der Waals surface area (Å²) in [6, 6.07) is 3.39. The lowest BCUT2D eigenvalue weighted by molar-refractivity contribution is -0.134. The summed E-state index contributed by atoms with van der Waals surface area (Å²) in [5, 5.41) is 8.35. The number of amides is 2. The van der Waals surface area contributed by atoms with Crippen LogP contribution < -0.4 is 15.2 Å². The number of nitrogens with two attached hydrogens (primary N) is 1. The number of carbonyl (C=O) groups is 2. The zero-order chi connectivity index (χ0) is 38.5. The highest BCUT2D eigenvalue weighted by Gasteiger charge is 2.25. The first-order chi connectivity index (χ1) is 25.9. The van der Waals surface area contributed by atoms with Crippen LogP contribution in [0.3, 0.4) is 0 Å². The maximum absolute atomic E-state index is 13.6. The lowest BCUT2D eigenvalue weighted by Gasteiger charge is -2.24. The van der Waals surface area contributed by atoms with Crippen molar-refractivity contribution in [3.63, 3.8) is 0 Å². The molecule has 0 aliphatic carbocycles. The minimum atomic E-state index is -0.138. The third kappa shape index (κ3) is 19.2. The molecule has 2 amide bonds. The first-order valence-corrected chi connectivity index (χ1v) is 21.8. The Morgan fingerprint density at radius 3 is 1.17 bits per heavy atom. The summed E-state index contributed by atoms with van der Waals surface area (Å²) in [6.45, 7) is 11.6. The predicted molar refractivity (Wildman–Crippen MR) is 222 cm³/mol. The Kier molecular flexibility index (Phi) is 25.4. The van der Waals surface area contributed by atoms with Gasteiger partial charge in [-0.3, -0.25) is 15.0 Å². The van der Waals surface area contributed by atoms with E-state index in [1.165, 1.54) is 103 Å². The largest absolute Gasteiger partial charge is 0.480 e. The zero-order valence-electron chi connectivity index (χ0n) is 34.4. The normalized spacial score (nSPS) is 12.2. The maximum Gasteiger partial charge on any atom is 0.260 e. The number of carbonyl (C=O) groups excluding carboxylic acids is 2. The van der Waals surface area contributed by atoms with E-state index >= 15 is 0 Å². The van der Waals surface area contributed by atoms with Crippen LogP contribution in [-0.4, -0.2) is 72.7 Å². The van der Waals surface area contributed by atoms with Crippen LogP contribution >= 0.6 is 0 Å². The summed E-state index contributed by atoms with van der Waals surface area (Å²) in [6.07, 6.45) is 28.1. The SMILES string of the molecule is CCCCCCCCN(CCCCCCCC)C(=O)COc1cc2c(cc1OCC(=O)N(CCCCCCCC)CCCCCCCC)C(N)=NC2=N. The number of benzene rings is 1. The Balaban J connectivity index is 2.12. The molecule has 302 valence electrons. The highest BCUT2D eigenvalue weighted by Crippen LogP contribution is 2.34. The van der Waals surface area contributed by atoms with E-state index in [4.69, 9.17) is 20.6 Å². The first-order valence-electron chi connectivity index (χ1n) is 21.8. The average Bonchev–Trinajstić information content (AvgIpc) is 3.43. The van der Waals surface area contributed by atoms with Gasteiger partial charge in [0.1, 0.15) is 5.84 Å². The van der Waals surface area contributed by atoms with Gasteiger partial charge >= 0.3 is 0 Å². The standard InChI is InChI=1S/C44H77N5O4/c1-5-9-13-17-21-25-29-48(30-26-22-18-14-10-6-2)41(50)35-52-39-33-37-38(44(46)47-43(37)45)34-40(39)53-36-42(51)49(31-27-23-19-15-11-7-3)32-28-24-20-16-12-8-4/h33-34H,5-32,35-36H2,1-4H3,(H3,45,46,47). The molecular formula is C44H77N5O4. The van der Waals surface area contributed by atoms with Crippen molar-refractivity contribution in [3.8, 4) is 11.5 Å². The fourth-order valence-corrected chi connectivity index (χ4v) is 6.95. The van der Waals surface area contributed by atoms with Crippen LogP contribution in [0.5, 0.6) is 11.5 Å². The zero-order valence-corrected chi connectivity index (χ0v) is 34.4. The second-order valence-corrected chi connectivity index (χ2v) is 15.1. The summed E-state index contributed by atoms with van der Waals surface area (Å²) in [5.74, 6) is 0.860. The number of nitrogens with one attached hydrogen (secondary N) is 1. The van der Waals surface area contributed by atoms with Crippen LogP contribution in [0, 0.1) is 5.41 Å². The number of aliphatic imine (C=N–C) groups is 1. The molecule has 9 nitrogen and oxygen atoms in total. The number of hydrogen-bond acceptors (Lipinski definition) is 6. The quantitative estimate of drug-likeness (QED) is 0.0682. The smallest absolute Gasteiger partial charge is 0.260 e. The third-order valence-corrected chi connectivity index (χ3v) is 10.4. The van der Waals surface area contributed by atoms with Gasteiger partial charge in [0.2, 0.25) is 0 Å². The number of fused-ring (bicyclic) bond motifs is 1. The van der Waals surface area contributed by atoms with Crippen LogP contribution in [0.4, 0.5) is 0 Å². The van der Waals surface area contributed by atoms with Crippen LogP contribution in [0.1, 0.15) is 193 Å². The Morgan fingerprint density at radius 2 is 0.830 bits per heavy atom. The molecular weight excluding hydrogens is 663 g/mol. The van der Waals surface area contributed by atoms with Gasteiger partial charge < -0.3 is 25.0 Å². The molecule has 0 saturated carbocycles. The molecule has 0 spiro atoms. The third-order valence-electron chi connectivity index (χ3n) is 10.4. The molecule has 1 heterocycles. The van der Waals surface area contributed by atoms with Crippen molar-refractivity contribution in [1.82, 2.24) is 9.80 Å². The van der Waals surface area contributed by atoms with Crippen molar-refractivity contribution in [2.24, 2.45) is 10.7 Å². The Bertz CT molecular complexity index is 1170. The van der Waals surface area contributed by atoms with E-state index < -0.39 is 0 Å². The number of amidine groups is 2. The molecule has 1 aliphatic heterocycles. The summed E-state index contributed by atoms with van der Waals surface area (Å²) >= 11 is 0. The summed E-state index contributed by atoms with van der Waals surface area (Å²) in [4.78, 5) is 35.4. The molecule has 0 unspecified atom stereocenters. The molecule has 3 N–H and O–H groups in total. The lowest BCUT2D eigenvalue weighted by Crippen LogP contribution is -2.37. The average molecular weight is 740 g/mol. The van der Waals surface area contributed by atoms with Crippen molar-refractivity contribution in [2.45, 2.75) is 182 Å². The second kappa shape index (κ2) is 29.3. The summed E-state index contributed by atoms with van der Waals surface area (Å²) < 4.78 is 12.4. The van der Waals surface area contributed by atoms with E-state index in [-0.39, 0.29) is 36.7 Å². The molecule has 0 saturated heterocycles. The van der Waals surface area contributed by atoms with E-state index in [1.54, 1.807) is 12.1 Å². The van der Waals surface area contributed by atoms with Gasteiger partial charge in [-0.25, -0.2) is 4.99 Å². The van der Waals surface area contributed by atoms with Gasteiger partial charge in [-0.2, -0.15) is 0 Å². The number of hydrogen-bond donors (Lipinski definition) is 2. The van der Waals surface area contributed by atoms with Gasteiger partial charge in [0.15, 0.2) is 30.5 Å². The molecule has 0 atom stereocenters. The summed E-state index contributed by atoms with van der Waals surface area (Å²) in [7, 11) is 0. The van der Waals surface area contributed by atoms with E-state index in [2.05, 4.69) is 32.7 Å². The highest BCUT2D eigenvalue weighted by molar-refractivity contribution is 6.21. The van der Waals surface area contributed by atoms with Crippen LogP contribution in [0.15, 0.2) is 17.1 Å². The van der Waals surface area contributed by atoms with Gasteiger partial charge in [-0.05, 0) is 37.8 Å². The maximum atomic E-state index is 13.6. The predicted octanol–water partition coefficient (Wildman–Crippen LogP) is 10.6. The number of nitrogens with zero attached hydrogens (tertiary/aromatic N) is 3. The number of ether oxygens (including phenoxy) is 2. The van der Waals surface area contributed by atoms with Crippen LogP contribution in [-0.2, 0) is 9.59 Å². The Hall–Kier alpha value is -3.10. The van der Waals surface area contributed by atoms with Gasteiger partial charge in [-0.15, -0.1) is 0 Å². The minimum Gasteiger partial charge on any atom is -0.480 e. The molecule has 53 heavy (non-hydrogen) atoms. The van der Waals surface area contributed by atoms with Crippen molar-refractivity contribution in [2.75, 3.05) is 39.4 Å². The molecule has 0 fully saturated rings. The molecule has 0 radical (unpaired) electrons. The van der Waals surface area contributed by atoms with E-state index in [0.29, 0.717) is 22.6 Å². The van der Waals surface area contributed by atoms with Crippen molar-refractivity contribution < 1.29 is 19.1 Å². The van der Waals surface area contributed by atoms with E-state index in [1.807, 2.05) is 9.80 Å². The van der Waals surface area contributed by atoms with Crippen molar-refractivity contribution in [1.29, 1.82) is 5.41 Å². The van der Waals surface area contributed by atoms with Crippen molar-refractivity contribution in [3.05, 3.63) is 23.3 Å². The second-order valence-electron chi connectivity index (χ2n) is 15.1. The van der Waals surface area contributed by atoms with Gasteiger partial charge in [0, 0.05) is 37.3 Å². The van der Waals surface area contributed by atoms with Gasteiger partial charge in [0.05, 0.1) is 0 Å². The fourth-order valence-electron chi connectivity index (χ4n) is 6.95. The fraction of sp³-hybridized carbons (Fsp3) is 0.773. The molecule has 0 aromatic heterocycles. The van der Waals surface area contributed by atoms with Crippen LogP contribution in [0.25, 0.3) is 0 Å². The molecule has 1 aliphatic rings. The van der Waals surface area contributed by atoms with Gasteiger partial charge in [-0.1, -0.05) is 156 Å². The number of rotatable bonds is 34. The highest BCUT2D eigenvalue weighted by atomic mass is 16.5. The van der Waals surface area contributed by atoms with Crippen LogP contribution in [0.2, 0.25) is 0 Å². The Labute approximate surface area is 323 Å². The molecule has 9 heteroatoms. The van der Waals surface area contributed by atoms with E-state index in [0.717, 1.165) is 77.5 Å². The minimum absolute atomic E-state index is 0.0481. The monoisotopic (exact) mass is 740 g/mol. The van der Waals surface area contributed by atoms with E-state index in [9.17, 15) is 9.59 Å². The molecule has 2 rings (SSSR count). The van der Waals surface area contributed by atoms with Crippen molar-refractivity contribution >= 4 is 23.5 Å². The molecule has 0 bridgehead atoms. The lowest BCUT2D eigenvalue weighted by atomic mass is 10.1.